The summed E-state index contributed by atoms with van der Waals surface area (Å²) in [4.78, 5) is 1.33. The minimum Gasteiger partial charge on any atom is -0.313 e. The van der Waals surface area contributed by atoms with Crippen molar-refractivity contribution in [3.05, 3.63) is 48.3 Å². The molecule has 1 aromatic carbocycles. The second kappa shape index (κ2) is 8.02. The Hall–Kier alpha value is -1.26. The van der Waals surface area contributed by atoms with Crippen LogP contribution >= 0.6 is 11.8 Å². The first-order valence-electron chi connectivity index (χ1n) is 6.78. The molecular weight excluding hydrogens is 254 g/mol. The van der Waals surface area contributed by atoms with Crippen LogP contribution in [0.15, 0.2) is 47.6 Å². The number of benzene rings is 1. The molecule has 0 unspecified atom stereocenters. The van der Waals surface area contributed by atoms with E-state index in [1.165, 1.54) is 16.9 Å². The molecule has 1 N–H and O–H groups in total. The average molecular weight is 275 g/mol. The lowest BCUT2D eigenvalue weighted by Gasteiger charge is -2.05. The zero-order chi connectivity index (χ0) is 13.3. The van der Waals surface area contributed by atoms with Crippen LogP contribution in [0.25, 0.3) is 0 Å². The summed E-state index contributed by atoms with van der Waals surface area (Å²) in [5.41, 5.74) is 1.35. The van der Waals surface area contributed by atoms with Crippen LogP contribution in [0.5, 0.6) is 0 Å². The summed E-state index contributed by atoms with van der Waals surface area (Å²) in [6, 6.07) is 10.8. The fourth-order valence-electron chi connectivity index (χ4n) is 1.80. The number of rotatable bonds is 8. The Morgan fingerprint density at radius 2 is 2.11 bits per heavy atom. The molecule has 0 spiro atoms. The molecule has 0 amide bonds. The number of aryl methyl sites for hydroxylation is 1. The van der Waals surface area contributed by atoms with Crippen LogP contribution in [0.4, 0.5) is 0 Å². The summed E-state index contributed by atoms with van der Waals surface area (Å²) in [6.07, 6.45) is 5.01. The first-order valence-corrected chi connectivity index (χ1v) is 7.77. The van der Waals surface area contributed by atoms with Gasteiger partial charge >= 0.3 is 0 Å². The van der Waals surface area contributed by atoms with E-state index in [4.69, 9.17) is 0 Å². The molecule has 0 atom stereocenters. The monoisotopic (exact) mass is 275 g/mol. The molecule has 102 valence electrons. The lowest BCUT2D eigenvalue weighted by molar-refractivity contribution is 0.666. The maximum absolute atomic E-state index is 4.20. The van der Waals surface area contributed by atoms with Gasteiger partial charge in [0, 0.05) is 29.6 Å². The number of nitrogens with zero attached hydrogens (tertiary/aromatic N) is 2. The zero-order valence-corrected chi connectivity index (χ0v) is 12.2. The van der Waals surface area contributed by atoms with E-state index >= 15 is 0 Å². The van der Waals surface area contributed by atoms with Crippen molar-refractivity contribution in [2.24, 2.45) is 0 Å². The highest BCUT2D eigenvalue weighted by molar-refractivity contribution is 7.99. The predicted molar refractivity (Wildman–Crippen MR) is 81.4 cm³/mol. The van der Waals surface area contributed by atoms with E-state index in [-0.39, 0.29) is 0 Å². The molecule has 2 rings (SSSR count). The highest BCUT2D eigenvalue weighted by atomic mass is 32.2. The van der Waals surface area contributed by atoms with Gasteiger partial charge in [0.15, 0.2) is 0 Å². The molecular formula is C15H21N3S. The van der Waals surface area contributed by atoms with Crippen LogP contribution in [-0.2, 0) is 13.1 Å². The van der Waals surface area contributed by atoms with Crippen LogP contribution in [-0.4, -0.2) is 22.1 Å². The molecule has 0 saturated heterocycles. The zero-order valence-electron chi connectivity index (χ0n) is 11.4. The summed E-state index contributed by atoms with van der Waals surface area (Å²) in [6.45, 7) is 5.19. The van der Waals surface area contributed by atoms with Crippen molar-refractivity contribution in [2.75, 3.05) is 12.3 Å². The number of aromatic nitrogens is 2. The predicted octanol–water partition coefficient (Wildman–Crippen LogP) is 3.18. The Morgan fingerprint density at radius 1 is 1.26 bits per heavy atom. The van der Waals surface area contributed by atoms with Crippen molar-refractivity contribution in [1.29, 1.82) is 0 Å². The Morgan fingerprint density at radius 3 is 2.79 bits per heavy atom. The summed E-state index contributed by atoms with van der Waals surface area (Å²) >= 11 is 1.87. The van der Waals surface area contributed by atoms with Gasteiger partial charge in [-0.3, -0.25) is 4.68 Å². The lowest BCUT2D eigenvalue weighted by Crippen LogP contribution is -2.13. The summed E-state index contributed by atoms with van der Waals surface area (Å²) in [7, 11) is 0. The molecule has 4 heteroatoms. The SMILES string of the molecule is CCCNCc1ccc(SCCn2cccn2)cc1. The normalized spacial score (nSPS) is 10.8. The van der Waals surface area contributed by atoms with E-state index in [9.17, 15) is 0 Å². The standard InChI is InChI=1S/C15H21N3S/c1-2-8-16-13-14-4-6-15(7-5-14)19-12-11-18-10-3-9-17-18/h3-7,9-10,16H,2,8,11-13H2,1H3. The largest absolute Gasteiger partial charge is 0.313 e. The van der Waals surface area contributed by atoms with Gasteiger partial charge < -0.3 is 5.32 Å². The summed E-state index contributed by atoms with van der Waals surface area (Å²) in [5.74, 6) is 1.05. The van der Waals surface area contributed by atoms with E-state index in [1.807, 2.05) is 34.9 Å². The quantitative estimate of drug-likeness (QED) is 0.593. The van der Waals surface area contributed by atoms with Crippen LogP contribution in [0.2, 0.25) is 0 Å². The van der Waals surface area contributed by atoms with Crippen molar-refractivity contribution in [3.63, 3.8) is 0 Å². The molecule has 1 aromatic heterocycles. The molecule has 0 bridgehead atoms. The fraction of sp³-hybridized carbons (Fsp3) is 0.400. The highest BCUT2D eigenvalue weighted by Gasteiger charge is 1.97. The molecule has 1 heterocycles. The van der Waals surface area contributed by atoms with Gasteiger partial charge in [0.05, 0.1) is 6.54 Å². The molecule has 19 heavy (non-hydrogen) atoms. The van der Waals surface area contributed by atoms with Gasteiger partial charge in [0.25, 0.3) is 0 Å². The minimum absolute atomic E-state index is 0.956. The van der Waals surface area contributed by atoms with Crippen molar-refractivity contribution < 1.29 is 0 Å². The average Bonchev–Trinajstić information content (AvgIpc) is 2.94. The van der Waals surface area contributed by atoms with Gasteiger partial charge in [-0.1, -0.05) is 19.1 Å². The summed E-state index contributed by atoms with van der Waals surface area (Å²) in [5, 5.41) is 7.61. The molecule has 0 aliphatic heterocycles. The maximum atomic E-state index is 4.20. The second-order valence-electron chi connectivity index (χ2n) is 4.44. The number of thioether (sulfide) groups is 1. The van der Waals surface area contributed by atoms with Gasteiger partial charge in [0.2, 0.25) is 0 Å². The van der Waals surface area contributed by atoms with Crippen molar-refractivity contribution >= 4 is 11.8 Å². The maximum Gasteiger partial charge on any atom is 0.0503 e. The molecule has 0 saturated carbocycles. The minimum atomic E-state index is 0.956. The van der Waals surface area contributed by atoms with Crippen molar-refractivity contribution in [1.82, 2.24) is 15.1 Å². The highest BCUT2D eigenvalue weighted by Crippen LogP contribution is 2.18. The van der Waals surface area contributed by atoms with Crippen LogP contribution in [0, 0.1) is 0 Å². The lowest BCUT2D eigenvalue weighted by atomic mass is 10.2. The molecule has 2 aromatic rings. The summed E-state index contributed by atoms with van der Waals surface area (Å²) < 4.78 is 1.97. The van der Waals surface area contributed by atoms with E-state index in [2.05, 4.69) is 41.6 Å². The van der Waals surface area contributed by atoms with Gasteiger partial charge in [-0.05, 0) is 36.7 Å². The smallest absolute Gasteiger partial charge is 0.0503 e. The van der Waals surface area contributed by atoms with Gasteiger partial charge in [-0.25, -0.2) is 0 Å². The van der Waals surface area contributed by atoms with Crippen LogP contribution in [0.1, 0.15) is 18.9 Å². The molecule has 0 fully saturated rings. The Bertz CT molecular complexity index is 451. The Kier molecular flexibility index (Phi) is 5.98. The van der Waals surface area contributed by atoms with Crippen molar-refractivity contribution in [3.8, 4) is 0 Å². The molecule has 0 aliphatic rings. The van der Waals surface area contributed by atoms with Gasteiger partial charge in [0.1, 0.15) is 0 Å². The second-order valence-corrected chi connectivity index (χ2v) is 5.61. The molecule has 0 aliphatic carbocycles. The van der Waals surface area contributed by atoms with E-state index in [1.54, 1.807) is 0 Å². The van der Waals surface area contributed by atoms with Gasteiger partial charge in [-0.15, -0.1) is 11.8 Å². The molecule has 3 nitrogen and oxygen atoms in total. The third-order valence-electron chi connectivity index (χ3n) is 2.83. The first kappa shape index (κ1) is 14.2. The third-order valence-corrected chi connectivity index (χ3v) is 3.82. The van der Waals surface area contributed by atoms with E-state index in [0.29, 0.717) is 0 Å². The first-order chi connectivity index (χ1) is 9.38. The number of nitrogens with one attached hydrogen (secondary N) is 1. The van der Waals surface area contributed by atoms with Crippen LogP contribution in [0.3, 0.4) is 0 Å². The molecule has 0 radical (unpaired) electrons. The van der Waals surface area contributed by atoms with Crippen molar-refractivity contribution in [2.45, 2.75) is 31.3 Å². The Balaban J connectivity index is 1.72. The van der Waals surface area contributed by atoms with Gasteiger partial charge in [-0.2, -0.15) is 5.10 Å². The third kappa shape index (κ3) is 5.09. The van der Waals surface area contributed by atoms with Crippen LogP contribution < -0.4 is 5.32 Å². The fourth-order valence-corrected chi connectivity index (χ4v) is 2.65. The van der Waals surface area contributed by atoms with E-state index in [0.717, 1.165) is 25.4 Å². The van der Waals surface area contributed by atoms with E-state index < -0.39 is 0 Å². The Labute approximate surface area is 119 Å². The number of hydrogen-bond acceptors (Lipinski definition) is 3. The topological polar surface area (TPSA) is 29.9 Å². The number of hydrogen-bond donors (Lipinski definition) is 1.